The molecular formula is C10H15NO2S. The number of hydrogen-bond donors (Lipinski definition) is 2. The van der Waals surface area contributed by atoms with Gasteiger partial charge in [-0.2, -0.15) is 0 Å². The summed E-state index contributed by atoms with van der Waals surface area (Å²) >= 11 is 1.76. The lowest BCUT2D eigenvalue weighted by atomic mass is 9.94. The third-order valence-corrected chi connectivity index (χ3v) is 4.25. The van der Waals surface area contributed by atoms with Crippen LogP contribution >= 0.6 is 11.8 Å². The van der Waals surface area contributed by atoms with Crippen molar-refractivity contribution < 1.29 is 9.90 Å². The number of thioether (sulfide) groups is 1. The minimum absolute atomic E-state index is 0.337. The second-order valence-corrected chi connectivity index (χ2v) is 5.03. The molecule has 0 bridgehead atoms. The smallest absolute Gasteiger partial charge is 0.321 e. The number of carboxylic acids is 1. The van der Waals surface area contributed by atoms with Crippen LogP contribution in [0.5, 0.6) is 0 Å². The van der Waals surface area contributed by atoms with Crippen LogP contribution in [0.1, 0.15) is 19.3 Å². The minimum Gasteiger partial charge on any atom is -0.480 e. The summed E-state index contributed by atoms with van der Waals surface area (Å²) in [5, 5.41) is 12.4. The van der Waals surface area contributed by atoms with Crippen molar-refractivity contribution >= 4 is 17.7 Å². The van der Waals surface area contributed by atoms with E-state index in [0.29, 0.717) is 17.0 Å². The number of aliphatic carboxylic acids is 1. The highest BCUT2D eigenvalue weighted by Gasteiger charge is 2.33. The molecule has 4 heteroatoms. The normalized spacial score (nSPS) is 37.3. The van der Waals surface area contributed by atoms with Crippen LogP contribution < -0.4 is 5.32 Å². The lowest BCUT2D eigenvalue weighted by Gasteiger charge is -2.24. The molecule has 0 aromatic carbocycles. The van der Waals surface area contributed by atoms with E-state index in [1.807, 2.05) is 0 Å². The van der Waals surface area contributed by atoms with E-state index >= 15 is 0 Å². The zero-order chi connectivity index (χ0) is 9.97. The SMILES string of the molecule is O=C(O)[C@@H]1CSC(C2CC=CCC2)N1. The molecule has 0 saturated carbocycles. The Hall–Kier alpha value is -0.480. The van der Waals surface area contributed by atoms with E-state index in [1.165, 1.54) is 6.42 Å². The van der Waals surface area contributed by atoms with Gasteiger partial charge in [0.25, 0.3) is 0 Å². The Balaban J connectivity index is 1.88. The van der Waals surface area contributed by atoms with Gasteiger partial charge < -0.3 is 5.11 Å². The second kappa shape index (κ2) is 4.36. The number of hydrogen-bond acceptors (Lipinski definition) is 3. The van der Waals surface area contributed by atoms with E-state index in [2.05, 4.69) is 17.5 Å². The number of carboxylic acid groups (broad SMARTS) is 1. The molecule has 0 aromatic heterocycles. The van der Waals surface area contributed by atoms with Gasteiger partial charge in [0.15, 0.2) is 0 Å². The Morgan fingerprint density at radius 3 is 2.93 bits per heavy atom. The van der Waals surface area contributed by atoms with Crippen LogP contribution in [0, 0.1) is 5.92 Å². The first-order valence-corrected chi connectivity index (χ1v) is 6.07. The van der Waals surface area contributed by atoms with Crippen LogP contribution in [0.3, 0.4) is 0 Å². The maximum atomic E-state index is 10.7. The first-order valence-electron chi connectivity index (χ1n) is 5.03. The maximum Gasteiger partial charge on any atom is 0.321 e. The van der Waals surface area contributed by atoms with Gasteiger partial charge in [0, 0.05) is 5.75 Å². The lowest BCUT2D eigenvalue weighted by Crippen LogP contribution is -2.39. The first-order chi connectivity index (χ1) is 6.77. The third kappa shape index (κ3) is 2.12. The molecule has 0 radical (unpaired) electrons. The highest BCUT2D eigenvalue weighted by molar-refractivity contribution is 8.00. The largest absolute Gasteiger partial charge is 0.480 e. The summed E-state index contributed by atoms with van der Waals surface area (Å²) in [5.41, 5.74) is 0. The zero-order valence-electron chi connectivity index (χ0n) is 7.98. The number of carbonyl (C=O) groups is 1. The molecule has 3 atom stereocenters. The van der Waals surface area contributed by atoms with Gasteiger partial charge in [0.05, 0.1) is 5.37 Å². The lowest BCUT2D eigenvalue weighted by molar-refractivity contribution is -0.138. The molecule has 0 aromatic rings. The molecule has 1 fully saturated rings. The Labute approximate surface area is 88.0 Å². The minimum atomic E-state index is -0.716. The fourth-order valence-electron chi connectivity index (χ4n) is 2.00. The first kappa shape index (κ1) is 10.1. The van der Waals surface area contributed by atoms with Crippen LogP contribution in [0.25, 0.3) is 0 Å². The molecule has 0 amide bonds. The van der Waals surface area contributed by atoms with Gasteiger partial charge in [-0.1, -0.05) is 12.2 Å². The van der Waals surface area contributed by atoms with Crippen molar-refractivity contribution in [1.82, 2.24) is 5.32 Å². The molecule has 1 saturated heterocycles. The van der Waals surface area contributed by atoms with Gasteiger partial charge in [0.2, 0.25) is 0 Å². The van der Waals surface area contributed by atoms with E-state index in [0.717, 1.165) is 12.8 Å². The van der Waals surface area contributed by atoms with Crippen molar-refractivity contribution in [2.24, 2.45) is 5.92 Å². The van der Waals surface area contributed by atoms with Gasteiger partial charge >= 0.3 is 5.97 Å². The van der Waals surface area contributed by atoms with Gasteiger partial charge in [-0.3, -0.25) is 10.1 Å². The van der Waals surface area contributed by atoms with E-state index < -0.39 is 5.97 Å². The van der Waals surface area contributed by atoms with Gasteiger partial charge in [0.1, 0.15) is 6.04 Å². The molecule has 78 valence electrons. The standard InChI is InChI=1S/C10H15NO2S/c12-10(13)8-6-14-9(11-8)7-4-2-1-3-5-7/h1-2,7-9,11H,3-6H2,(H,12,13)/t7?,8-,9?/m0/s1. The molecule has 2 unspecified atom stereocenters. The Morgan fingerprint density at radius 1 is 1.50 bits per heavy atom. The summed E-state index contributed by atoms with van der Waals surface area (Å²) in [4.78, 5) is 10.7. The topological polar surface area (TPSA) is 49.3 Å². The fourth-order valence-corrected chi connectivity index (χ4v) is 3.42. The highest BCUT2D eigenvalue weighted by Crippen LogP contribution is 2.32. The van der Waals surface area contributed by atoms with Gasteiger partial charge in [-0.15, -0.1) is 11.8 Å². The van der Waals surface area contributed by atoms with Gasteiger partial charge in [-0.05, 0) is 25.2 Å². The molecule has 2 N–H and O–H groups in total. The Kier molecular flexibility index (Phi) is 3.13. The Bertz CT molecular complexity index is 255. The Morgan fingerprint density at radius 2 is 2.36 bits per heavy atom. The van der Waals surface area contributed by atoms with Crippen LogP contribution in [-0.4, -0.2) is 28.2 Å². The molecule has 0 spiro atoms. The fraction of sp³-hybridized carbons (Fsp3) is 0.700. The summed E-state index contributed by atoms with van der Waals surface area (Å²) in [7, 11) is 0. The summed E-state index contributed by atoms with van der Waals surface area (Å²) in [6.45, 7) is 0. The molecule has 2 rings (SSSR count). The summed E-state index contributed by atoms with van der Waals surface area (Å²) in [5.74, 6) is 0.612. The predicted octanol–water partition coefficient (Wildman–Crippen LogP) is 1.46. The van der Waals surface area contributed by atoms with E-state index in [-0.39, 0.29) is 6.04 Å². The van der Waals surface area contributed by atoms with Crippen molar-refractivity contribution in [2.45, 2.75) is 30.7 Å². The summed E-state index contributed by atoms with van der Waals surface area (Å²) < 4.78 is 0. The van der Waals surface area contributed by atoms with Crippen LogP contribution in [-0.2, 0) is 4.79 Å². The number of rotatable bonds is 2. The maximum absolute atomic E-state index is 10.7. The molecule has 14 heavy (non-hydrogen) atoms. The predicted molar refractivity (Wildman–Crippen MR) is 57.3 cm³/mol. The average Bonchev–Trinajstić information content (AvgIpc) is 2.68. The molecule has 1 aliphatic carbocycles. The van der Waals surface area contributed by atoms with Gasteiger partial charge in [-0.25, -0.2) is 0 Å². The molecule has 2 aliphatic rings. The van der Waals surface area contributed by atoms with Crippen molar-refractivity contribution in [3.63, 3.8) is 0 Å². The molecular weight excluding hydrogens is 198 g/mol. The number of nitrogens with one attached hydrogen (secondary N) is 1. The number of allylic oxidation sites excluding steroid dienone is 2. The third-order valence-electron chi connectivity index (χ3n) is 2.84. The van der Waals surface area contributed by atoms with Crippen LogP contribution in [0.4, 0.5) is 0 Å². The van der Waals surface area contributed by atoms with E-state index in [9.17, 15) is 4.79 Å². The van der Waals surface area contributed by atoms with Crippen molar-refractivity contribution in [2.75, 3.05) is 5.75 Å². The van der Waals surface area contributed by atoms with Crippen LogP contribution in [0.15, 0.2) is 12.2 Å². The molecule has 3 nitrogen and oxygen atoms in total. The van der Waals surface area contributed by atoms with Crippen molar-refractivity contribution in [3.05, 3.63) is 12.2 Å². The van der Waals surface area contributed by atoms with Crippen molar-refractivity contribution in [3.8, 4) is 0 Å². The summed E-state index contributed by atoms with van der Waals surface area (Å²) in [6.07, 6.45) is 7.85. The average molecular weight is 213 g/mol. The molecule has 1 heterocycles. The monoisotopic (exact) mass is 213 g/mol. The summed E-state index contributed by atoms with van der Waals surface area (Å²) in [6, 6.07) is -0.337. The van der Waals surface area contributed by atoms with E-state index in [1.54, 1.807) is 11.8 Å². The van der Waals surface area contributed by atoms with Crippen molar-refractivity contribution in [1.29, 1.82) is 0 Å². The quantitative estimate of drug-likeness (QED) is 0.682. The second-order valence-electron chi connectivity index (χ2n) is 3.86. The van der Waals surface area contributed by atoms with Crippen LogP contribution in [0.2, 0.25) is 0 Å². The highest BCUT2D eigenvalue weighted by atomic mass is 32.2. The zero-order valence-corrected chi connectivity index (χ0v) is 8.80. The molecule has 1 aliphatic heterocycles. The van der Waals surface area contributed by atoms with E-state index in [4.69, 9.17) is 5.11 Å².